The Bertz CT molecular complexity index is 337. The largest absolute Gasteiger partial charge is 0.292 e. The standard InChI is InChI=1S/C16H24N2/c1-3-13-7-8-14(4-1)17(13)11-12-18-15-5-2-6-16(18)10-9-15/h1-3,5,13-16H,4,6-12H2/t13-,14-,15-,16-/m0/s1. The zero-order valence-electron chi connectivity index (χ0n) is 11.2. The Hall–Kier alpha value is -0.600. The average molecular weight is 244 g/mol. The van der Waals surface area contributed by atoms with E-state index in [1.54, 1.807) is 0 Å². The quantitative estimate of drug-likeness (QED) is 0.704. The Kier molecular flexibility index (Phi) is 2.81. The fourth-order valence-electron chi connectivity index (χ4n) is 4.56. The molecule has 2 nitrogen and oxygen atoms in total. The maximum absolute atomic E-state index is 2.78. The predicted molar refractivity (Wildman–Crippen MR) is 74.5 cm³/mol. The fourth-order valence-corrected chi connectivity index (χ4v) is 4.56. The molecule has 0 radical (unpaired) electrons. The molecular weight excluding hydrogens is 220 g/mol. The minimum absolute atomic E-state index is 0.765. The van der Waals surface area contributed by atoms with E-state index in [0.29, 0.717) is 0 Å². The van der Waals surface area contributed by atoms with Crippen LogP contribution in [0.1, 0.15) is 38.5 Å². The zero-order valence-corrected chi connectivity index (χ0v) is 11.2. The van der Waals surface area contributed by atoms with Crippen LogP contribution < -0.4 is 0 Å². The van der Waals surface area contributed by atoms with Gasteiger partial charge in [-0.1, -0.05) is 24.3 Å². The van der Waals surface area contributed by atoms with Crippen molar-refractivity contribution < 1.29 is 0 Å². The molecule has 0 aromatic heterocycles. The molecule has 4 atom stereocenters. The van der Waals surface area contributed by atoms with Gasteiger partial charge in [0.2, 0.25) is 0 Å². The Labute approximate surface area is 110 Å². The van der Waals surface area contributed by atoms with Crippen LogP contribution in [0.2, 0.25) is 0 Å². The lowest BCUT2D eigenvalue weighted by Gasteiger charge is -2.36. The molecule has 4 heterocycles. The molecule has 0 unspecified atom stereocenters. The first-order valence-corrected chi connectivity index (χ1v) is 7.76. The van der Waals surface area contributed by atoms with E-state index in [9.17, 15) is 0 Å². The molecule has 18 heavy (non-hydrogen) atoms. The summed E-state index contributed by atoms with van der Waals surface area (Å²) in [5.41, 5.74) is 0. The second-order valence-corrected chi connectivity index (χ2v) is 6.40. The molecule has 98 valence electrons. The van der Waals surface area contributed by atoms with Crippen molar-refractivity contribution in [2.45, 2.75) is 62.7 Å². The van der Waals surface area contributed by atoms with Crippen molar-refractivity contribution in [1.29, 1.82) is 0 Å². The minimum atomic E-state index is 0.765. The first-order valence-electron chi connectivity index (χ1n) is 7.76. The molecule has 4 bridgehead atoms. The highest BCUT2D eigenvalue weighted by Gasteiger charge is 2.37. The van der Waals surface area contributed by atoms with Crippen LogP contribution in [0.15, 0.2) is 24.3 Å². The monoisotopic (exact) mass is 244 g/mol. The maximum atomic E-state index is 2.78. The molecule has 0 spiro atoms. The Morgan fingerprint density at radius 2 is 1.22 bits per heavy atom. The van der Waals surface area contributed by atoms with Gasteiger partial charge in [-0.15, -0.1) is 0 Å². The van der Waals surface area contributed by atoms with Crippen LogP contribution in [0.4, 0.5) is 0 Å². The third kappa shape index (κ3) is 1.78. The van der Waals surface area contributed by atoms with Crippen molar-refractivity contribution in [3.63, 3.8) is 0 Å². The molecule has 2 saturated heterocycles. The van der Waals surface area contributed by atoms with E-state index in [0.717, 1.165) is 24.2 Å². The van der Waals surface area contributed by atoms with E-state index in [4.69, 9.17) is 0 Å². The smallest absolute Gasteiger partial charge is 0.0282 e. The second-order valence-electron chi connectivity index (χ2n) is 6.40. The van der Waals surface area contributed by atoms with Crippen molar-refractivity contribution in [2.75, 3.05) is 13.1 Å². The Balaban J connectivity index is 1.39. The summed E-state index contributed by atoms with van der Waals surface area (Å²) in [5.74, 6) is 0. The number of nitrogens with zero attached hydrogens (tertiary/aromatic N) is 2. The van der Waals surface area contributed by atoms with E-state index in [1.807, 2.05) is 0 Å². The number of hydrogen-bond donors (Lipinski definition) is 0. The lowest BCUT2D eigenvalue weighted by Crippen LogP contribution is -2.46. The van der Waals surface area contributed by atoms with E-state index in [-0.39, 0.29) is 0 Å². The van der Waals surface area contributed by atoms with Gasteiger partial charge in [0.25, 0.3) is 0 Å². The van der Waals surface area contributed by atoms with Crippen molar-refractivity contribution in [2.24, 2.45) is 0 Å². The van der Waals surface area contributed by atoms with Crippen molar-refractivity contribution in [3.8, 4) is 0 Å². The zero-order chi connectivity index (χ0) is 11.9. The van der Waals surface area contributed by atoms with Gasteiger partial charge in [-0.2, -0.15) is 0 Å². The van der Waals surface area contributed by atoms with Gasteiger partial charge in [-0.3, -0.25) is 9.80 Å². The van der Waals surface area contributed by atoms with E-state index in [1.165, 1.54) is 51.6 Å². The van der Waals surface area contributed by atoms with Crippen molar-refractivity contribution in [1.82, 2.24) is 9.80 Å². The normalized spacial score (nSPS) is 42.9. The molecule has 4 aliphatic heterocycles. The fraction of sp³-hybridized carbons (Fsp3) is 0.750. The van der Waals surface area contributed by atoms with Crippen molar-refractivity contribution in [3.05, 3.63) is 24.3 Å². The van der Waals surface area contributed by atoms with Crippen LogP contribution in [0.5, 0.6) is 0 Å². The van der Waals surface area contributed by atoms with E-state index >= 15 is 0 Å². The molecule has 2 heteroatoms. The second kappa shape index (κ2) is 4.50. The van der Waals surface area contributed by atoms with Gasteiger partial charge < -0.3 is 0 Å². The molecule has 2 fully saturated rings. The van der Waals surface area contributed by atoms with Crippen LogP contribution in [0.25, 0.3) is 0 Å². The number of fused-ring (bicyclic) bond motifs is 4. The first-order chi connectivity index (χ1) is 8.92. The SMILES string of the molecule is C1=C[C@H]2CC[C@H](C1)N2CCN1[C@H]2CC=C[C@H]1CC2. The molecular formula is C16H24N2. The first kappa shape index (κ1) is 11.2. The Morgan fingerprint density at radius 1 is 0.722 bits per heavy atom. The maximum Gasteiger partial charge on any atom is 0.0282 e. The highest BCUT2D eigenvalue weighted by Crippen LogP contribution is 2.34. The van der Waals surface area contributed by atoms with Gasteiger partial charge in [0, 0.05) is 37.3 Å². The lowest BCUT2D eigenvalue weighted by molar-refractivity contribution is 0.142. The third-order valence-corrected chi connectivity index (χ3v) is 5.53. The Morgan fingerprint density at radius 3 is 1.67 bits per heavy atom. The molecule has 0 amide bonds. The predicted octanol–water partition coefficient (Wildman–Crippen LogP) is 2.57. The molecule has 0 aliphatic carbocycles. The topological polar surface area (TPSA) is 6.48 Å². The highest BCUT2D eigenvalue weighted by atomic mass is 15.3. The summed E-state index contributed by atoms with van der Waals surface area (Å²) in [6.45, 7) is 2.58. The minimum Gasteiger partial charge on any atom is -0.292 e. The number of hydrogen-bond acceptors (Lipinski definition) is 2. The van der Waals surface area contributed by atoms with E-state index in [2.05, 4.69) is 34.1 Å². The summed E-state index contributed by atoms with van der Waals surface area (Å²) < 4.78 is 0. The van der Waals surface area contributed by atoms with E-state index < -0.39 is 0 Å². The summed E-state index contributed by atoms with van der Waals surface area (Å²) in [4.78, 5) is 5.55. The molecule has 0 aromatic carbocycles. The molecule has 0 saturated carbocycles. The van der Waals surface area contributed by atoms with Gasteiger partial charge in [0.1, 0.15) is 0 Å². The van der Waals surface area contributed by atoms with Gasteiger partial charge in [-0.25, -0.2) is 0 Å². The summed E-state index contributed by atoms with van der Waals surface area (Å²) in [6.07, 6.45) is 17.9. The van der Waals surface area contributed by atoms with Crippen LogP contribution >= 0.6 is 0 Å². The van der Waals surface area contributed by atoms with Gasteiger partial charge in [0.05, 0.1) is 0 Å². The third-order valence-electron chi connectivity index (χ3n) is 5.53. The average Bonchev–Trinajstić information content (AvgIpc) is 2.74. The van der Waals surface area contributed by atoms with Crippen LogP contribution in [0, 0.1) is 0 Å². The lowest BCUT2D eigenvalue weighted by atomic mass is 10.1. The van der Waals surface area contributed by atoms with Crippen LogP contribution in [-0.2, 0) is 0 Å². The van der Waals surface area contributed by atoms with Crippen LogP contribution in [-0.4, -0.2) is 47.1 Å². The summed E-state index contributed by atoms with van der Waals surface area (Å²) in [6, 6.07) is 3.25. The molecule has 4 aliphatic rings. The summed E-state index contributed by atoms with van der Waals surface area (Å²) >= 11 is 0. The summed E-state index contributed by atoms with van der Waals surface area (Å²) in [7, 11) is 0. The molecule has 0 N–H and O–H groups in total. The van der Waals surface area contributed by atoms with Gasteiger partial charge in [0.15, 0.2) is 0 Å². The molecule has 0 aromatic rings. The van der Waals surface area contributed by atoms with Gasteiger partial charge in [-0.05, 0) is 38.5 Å². The van der Waals surface area contributed by atoms with Crippen molar-refractivity contribution >= 4 is 0 Å². The summed E-state index contributed by atoms with van der Waals surface area (Å²) in [5, 5.41) is 0. The van der Waals surface area contributed by atoms with Crippen LogP contribution in [0.3, 0.4) is 0 Å². The molecule has 4 rings (SSSR count). The van der Waals surface area contributed by atoms with Gasteiger partial charge >= 0.3 is 0 Å². The highest BCUT2D eigenvalue weighted by molar-refractivity contribution is 5.10. The number of rotatable bonds is 3.